The number of hydrogen-bond donors (Lipinski definition) is 1. The van der Waals surface area contributed by atoms with Gasteiger partial charge in [0.1, 0.15) is 5.75 Å². The van der Waals surface area contributed by atoms with Gasteiger partial charge in [0.2, 0.25) is 0 Å². The molecule has 0 spiro atoms. The molecule has 156 valence electrons. The predicted octanol–water partition coefficient (Wildman–Crippen LogP) is 6.57. The summed E-state index contributed by atoms with van der Waals surface area (Å²) >= 11 is 0. The molecule has 0 bridgehead atoms. The highest BCUT2D eigenvalue weighted by atomic mass is 16.3. The number of benzene rings is 1. The van der Waals surface area contributed by atoms with Crippen LogP contribution in [0, 0.1) is 0 Å². The van der Waals surface area contributed by atoms with Crippen molar-refractivity contribution in [2.24, 2.45) is 0 Å². The van der Waals surface area contributed by atoms with Crippen molar-refractivity contribution in [3.8, 4) is 5.75 Å². The molecular formula is C27H27N3O. The van der Waals surface area contributed by atoms with E-state index in [0.29, 0.717) is 5.75 Å². The molecule has 0 unspecified atom stereocenters. The smallest absolute Gasteiger partial charge is 0.115 e. The van der Waals surface area contributed by atoms with Crippen LogP contribution < -0.4 is 0 Å². The van der Waals surface area contributed by atoms with Crippen molar-refractivity contribution < 1.29 is 5.11 Å². The lowest BCUT2D eigenvalue weighted by Gasteiger charge is -1.84. The molecule has 1 aromatic carbocycles. The van der Waals surface area contributed by atoms with Gasteiger partial charge < -0.3 is 5.11 Å². The van der Waals surface area contributed by atoms with Crippen molar-refractivity contribution in [2.75, 3.05) is 0 Å². The van der Waals surface area contributed by atoms with Crippen molar-refractivity contribution in [2.45, 2.75) is 0 Å². The van der Waals surface area contributed by atoms with Gasteiger partial charge in [-0.25, -0.2) is 0 Å². The quantitative estimate of drug-likeness (QED) is 0.416. The number of aromatic nitrogens is 3. The Bertz CT molecular complexity index is 870. The molecule has 4 nitrogen and oxygen atoms in total. The Labute approximate surface area is 184 Å². The van der Waals surface area contributed by atoms with E-state index in [0.717, 1.165) is 17.1 Å². The number of pyridine rings is 3. The van der Waals surface area contributed by atoms with Crippen molar-refractivity contribution in [3.63, 3.8) is 0 Å². The van der Waals surface area contributed by atoms with Crippen LogP contribution in [0.3, 0.4) is 0 Å². The molecule has 3 aromatic heterocycles. The van der Waals surface area contributed by atoms with Gasteiger partial charge in [-0.1, -0.05) is 56.1 Å². The van der Waals surface area contributed by atoms with E-state index < -0.39 is 0 Å². The summed E-state index contributed by atoms with van der Waals surface area (Å²) in [5.74, 6) is 0.322. The maximum absolute atomic E-state index is 8.63. The lowest BCUT2D eigenvalue weighted by molar-refractivity contribution is 0.475. The van der Waals surface area contributed by atoms with Crippen LogP contribution in [-0.4, -0.2) is 20.1 Å². The SMILES string of the molecule is C=Cc1ccccn1.C=Cc1ccccn1.C=Cc1ccccn1.Oc1ccccc1. The molecule has 0 radical (unpaired) electrons. The zero-order valence-electron chi connectivity index (χ0n) is 17.5. The molecule has 4 rings (SSSR count). The van der Waals surface area contributed by atoms with Gasteiger partial charge in [-0.05, 0) is 66.8 Å². The summed E-state index contributed by atoms with van der Waals surface area (Å²) in [6.07, 6.45) is 10.4. The van der Waals surface area contributed by atoms with E-state index in [1.807, 2.05) is 60.7 Å². The van der Waals surface area contributed by atoms with Gasteiger partial charge in [-0.3, -0.25) is 15.0 Å². The molecule has 0 saturated carbocycles. The topological polar surface area (TPSA) is 58.9 Å². The van der Waals surface area contributed by atoms with E-state index >= 15 is 0 Å². The fraction of sp³-hybridized carbons (Fsp3) is 0. The second-order valence-electron chi connectivity index (χ2n) is 5.71. The summed E-state index contributed by atoms with van der Waals surface area (Å²) < 4.78 is 0. The fourth-order valence-electron chi connectivity index (χ4n) is 1.92. The van der Waals surface area contributed by atoms with E-state index in [9.17, 15) is 0 Å². The Kier molecular flexibility index (Phi) is 13.3. The summed E-state index contributed by atoms with van der Waals surface area (Å²) in [5.41, 5.74) is 2.77. The average molecular weight is 410 g/mol. The molecule has 0 atom stereocenters. The highest BCUT2D eigenvalue weighted by Gasteiger charge is 1.79. The molecule has 0 fully saturated rings. The normalized spacial score (nSPS) is 8.52. The monoisotopic (exact) mass is 409 g/mol. The van der Waals surface area contributed by atoms with Gasteiger partial charge in [-0.15, -0.1) is 0 Å². The minimum Gasteiger partial charge on any atom is -0.508 e. The third-order valence-corrected chi connectivity index (χ3v) is 3.45. The van der Waals surface area contributed by atoms with E-state index in [1.165, 1.54) is 0 Å². The van der Waals surface area contributed by atoms with E-state index in [4.69, 9.17) is 5.11 Å². The number of aromatic hydroxyl groups is 1. The molecule has 31 heavy (non-hydrogen) atoms. The summed E-state index contributed by atoms with van der Waals surface area (Å²) in [6, 6.07) is 25.9. The molecule has 4 heteroatoms. The summed E-state index contributed by atoms with van der Waals surface area (Å²) in [4.78, 5) is 11.9. The lowest BCUT2D eigenvalue weighted by atomic mass is 10.3. The standard InChI is InChI=1S/3C7H7N.C6H6O/c3*1-2-7-5-3-4-6-8-7;7-6-4-2-1-3-5-6/h3*2-6H,1H2;1-5,7H. The molecule has 0 aliphatic rings. The average Bonchev–Trinajstić information content (AvgIpc) is 2.87. The van der Waals surface area contributed by atoms with Gasteiger partial charge in [0.15, 0.2) is 0 Å². The third kappa shape index (κ3) is 12.7. The number of phenols is 1. The van der Waals surface area contributed by atoms with Crippen molar-refractivity contribution in [1.29, 1.82) is 0 Å². The Balaban J connectivity index is 0.000000207. The first-order valence-electron chi connectivity index (χ1n) is 9.54. The second kappa shape index (κ2) is 16.6. The number of nitrogens with zero attached hydrogens (tertiary/aromatic N) is 3. The molecule has 0 aliphatic heterocycles. The first-order chi connectivity index (χ1) is 15.2. The zero-order chi connectivity index (χ0) is 22.6. The first kappa shape index (κ1) is 24.7. The van der Waals surface area contributed by atoms with Crippen molar-refractivity contribution >= 4 is 18.2 Å². The molecule has 0 amide bonds. The van der Waals surface area contributed by atoms with Gasteiger partial charge in [-0.2, -0.15) is 0 Å². The minimum absolute atomic E-state index is 0.322. The lowest BCUT2D eigenvalue weighted by Crippen LogP contribution is -1.73. The van der Waals surface area contributed by atoms with Crippen molar-refractivity contribution in [3.05, 3.63) is 140 Å². The molecule has 0 aliphatic carbocycles. The Morgan fingerprint density at radius 1 is 0.484 bits per heavy atom. The van der Waals surface area contributed by atoms with Crippen LogP contribution in [0.25, 0.3) is 18.2 Å². The van der Waals surface area contributed by atoms with Crippen LogP contribution in [0.5, 0.6) is 5.75 Å². The van der Waals surface area contributed by atoms with Crippen LogP contribution in [0.4, 0.5) is 0 Å². The van der Waals surface area contributed by atoms with Crippen LogP contribution in [-0.2, 0) is 0 Å². The predicted molar refractivity (Wildman–Crippen MR) is 131 cm³/mol. The Hall–Kier alpha value is -4.31. The van der Waals surface area contributed by atoms with Gasteiger partial charge >= 0.3 is 0 Å². The van der Waals surface area contributed by atoms with Crippen LogP contribution in [0.15, 0.2) is 123 Å². The maximum atomic E-state index is 8.63. The minimum atomic E-state index is 0.322. The first-order valence-corrected chi connectivity index (χ1v) is 9.54. The second-order valence-corrected chi connectivity index (χ2v) is 5.71. The molecular weight excluding hydrogens is 382 g/mol. The van der Waals surface area contributed by atoms with Crippen LogP contribution in [0.1, 0.15) is 17.1 Å². The largest absolute Gasteiger partial charge is 0.508 e. The Morgan fingerprint density at radius 2 is 0.806 bits per heavy atom. The highest BCUT2D eigenvalue weighted by Crippen LogP contribution is 2.02. The summed E-state index contributed by atoms with van der Waals surface area (Å²) in [6.45, 7) is 10.7. The maximum Gasteiger partial charge on any atom is 0.115 e. The number of rotatable bonds is 3. The van der Waals surface area contributed by atoms with E-state index in [-0.39, 0.29) is 0 Å². The third-order valence-electron chi connectivity index (χ3n) is 3.45. The van der Waals surface area contributed by atoms with Gasteiger partial charge in [0.05, 0.1) is 17.1 Å². The molecule has 1 N–H and O–H groups in total. The summed E-state index contributed by atoms with van der Waals surface area (Å²) in [7, 11) is 0. The molecule has 4 aromatic rings. The highest BCUT2D eigenvalue weighted by molar-refractivity contribution is 5.41. The van der Waals surface area contributed by atoms with Crippen LogP contribution >= 0.6 is 0 Å². The van der Waals surface area contributed by atoms with E-state index in [2.05, 4.69) is 34.7 Å². The fourth-order valence-corrected chi connectivity index (χ4v) is 1.92. The zero-order valence-corrected chi connectivity index (χ0v) is 17.5. The van der Waals surface area contributed by atoms with Crippen molar-refractivity contribution in [1.82, 2.24) is 15.0 Å². The summed E-state index contributed by atoms with van der Waals surface area (Å²) in [5, 5.41) is 8.63. The molecule has 3 heterocycles. The molecule has 0 saturated heterocycles. The Morgan fingerprint density at radius 3 is 0.968 bits per heavy atom. The number of phenolic OH excluding ortho intramolecular Hbond substituents is 1. The number of hydrogen-bond acceptors (Lipinski definition) is 4. The van der Waals surface area contributed by atoms with E-state index in [1.54, 1.807) is 61.1 Å². The van der Waals surface area contributed by atoms with Gasteiger partial charge in [0.25, 0.3) is 0 Å². The van der Waals surface area contributed by atoms with Gasteiger partial charge in [0, 0.05) is 18.6 Å². The van der Waals surface area contributed by atoms with Crippen LogP contribution in [0.2, 0.25) is 0 Å². The number of para-hydroxylation sites is 1.